The molecule has 1 heterocycles. The fourth-order valence-electron chi connectivity index (χ4n) is 1.61. The molecule has 1 aromatic heterocycles. The average molecular weight is 305 g/mol. The number of amides is 1. The molecule has 0 spiro atoms. The van der Waals surface area contributed by atoms with Gasteiger partial charge in [0.1, 0.15) is 10.8 Å². The van der Waals surface area contributed by atoms with Crippen molar-refractivity contribution in [2.45, 2.75) is 32.6 Å². The van der Waals surface area contributed by atoms with Gasteiger partial charge in [0.2, 0.25) is 5.13 Å². The van der Waals surface area contributed by atoms with Gasteiger partial charge in [0.05, 0.1) is 7.11 Å². The summed E-state index contributed by atoms with van der Waals surface area (Å²) in [6.07, 6.45) is 0.966. The Morgan fingerprint density at radius 3 is 2.52 bits per heavy atom. The van der Waals surface area contributed by atoms with E-state index in [0.29, 0.717) is 10.7 Å². The Labute approximate surface area is 128 Å². The second-order valence-electron chi connectivity index (χ2n) is 5.33. The molecular weight excluding hydrogens is 286 g/mol. The molecule has 0 bridgehead atoms. The number of anilines is 1. The lowest BCUT2D eigenvalue weighted by atomic mass is 9.91. The van der Waals surface area contributed by atoms with E-state index in [4.69, 9.17) is 4.74 Å². The third-order valence-corrected chi connectivity index (χ3v) is 4.67. The van der Waals surface area contributed by atoms with Crippen molar-refractivity contribution in [2.24, 2.45) is 0 Å². The van der Waals surface area contributed by atoms with Gasteiger partial charge in [-0.1, -0.05) is 32.1 Å². The van der Waals surface area contributed by atoms with Crippen molar-refractivity contribution in [3.05, 3.63) is 34.8 Å². The fourth-order valence-corrected chi connectivity index (χ4v) is 2.52. The van der Waals surface area contributed by atoms with Crippen LogP contribution in [0.4, 0.5) is 5.13 Å². The minimum Gasteiger partial charge on any atom is -0.497 e. The summed E-state index contributed by atoms with van der Waals surface area (Å²) in [5, 5.41) is 12.4. The summed E-state index contributed by atoms with van der Waals surface area (Å²) in [4.78, 5) is 12.1. The molecule has 0 unspecified atom stereocenters. The van der Waals surface area contributed by atoms with Crippen molar-refractivity contribution in [3.8, 4) is 5.75 Å². The molecular formula is C15H19N3O2S. The van der Waals surface area contributed by atoms with Crippen LogP contribution in [-0.4, -0.2) is 23.2 Å². The number of hydrogen-bond acceptors (Lipinski definition) is 5. The molecule has 0 radical (unpaired) electrons. The topological polar surface area (TPSA) is 64.1 Å². The Hall–Kier alpha value is -1.95. The number of hydrogen-bond donors (Lipinski definition) is 1. The first kappa shape index (κ1) is 15.4. The molecule has 2 aromatic rings. The van der Waals surface area contributed by atoms with Gasteiger partial charge in [-0.2, -0.15) is 0 Å². The number of aromatic nitrogens is 2. The van der Waals surface area contributed by atoms with Crippen molar-refractivity contribution in [2.75, 3.05) is 12.4 Å². The third-order valence-electron chi connectivity index (χ3n) is 3.46. The van der Waals surface area contributed by atoms with E-state index in [1.807, 2.05) is 0 Å². The van der Waals surface area contributed by atoms with Crippen LogP contribution in [0.1, 0.15) is 42.6 Å². The summed E-state index contributed by atoms with van der Waals surface area (Å²) >= 11 is 1.42. The van der Waals surface area contributed by atoms with Crippen LogP contribution in [0.15, 0.2) is 24.3 Å². The molecule has 0 aliphatic rings. The van der Waals surface area contributed by atoms with Crippen LogP contribution in [0, 0.1) is 0 Å². The van der Waals surface area contributed by atoms with Crippen molar-refractivity contribution in [3.63, 3.8) is 0 Å². The molecule has 1 aromatic carbocycles. The highest BCUT2D eigenvalue weighted by molar-refractivity contribution is 7.15. The van der Waals surface area contributed by atoms with Gasteiger partial charge in [-0.3, -0.25) is 10.1 Å². The van der Waals surface area contributed by atoms with Crippen LogP contribution >= 0.6 is 11.3 Å². The SMILES string of the molecule is CCC(C)(C)c1nnc(NC(=O)c2ccc(OC)cc2)s1. The maximum atomic E-state index is 12.1. The van der Waals surface area contributed by atoms with E-state index in [0.717, 1.165) is 17.2 Å². The molecule has 112 valence electrons. The maximum Gasteiger partial charge on any atom is 0.257 e. The van der Waals surface area contributed by atoms with Gasteiger partial charge in [-0.25, -0.2) is 0 Å². The summed E-state index contributed by atoms with van der Waals surface area (Å²) < 4.78 is 5.07. The first-order valence-corrected chi connectivity index (χ1v) is 7.57. The molecule has 2 rings (SSSR count). The van der Waals surface area contributed by atoms with E-state index >= 15 is 0 Å². The normalized spacial score (nSPS) is 11.2. The zero-order chi connectivity index (χ0) is 15.5. The number of rotatable bonds is 5. The standard InChI is InChI=1S/C15H19N3O2S/c1-5-15(2,3)13-17-18-14(21-13)16-12(19)10-6-8-11(20-4)9-7-10/h6-9H,5H2,1-4H3,(H,16,18,19). The van der Waals surface area contributed by atoms with Crippen LogP contribution in [0.2, 0.25) is 0 Å². The molecule has 0 saturated carbocycles. The number of benzene rings is 1. The van der Waals surface area contributed by atoms with Gasteiger partial charge >= 0.3 is 0 Å². The summed E-state index contributed by atoms with van der Waals surface area (Å²) in [7, 11) is 1.59. The first-order valence-electron chi connectivity index (χ1n) is 6.75. The number of carbonyl (C=O) groups is 1. The quantitative estimate of drug-likeness (QED) is 0.918. The summed E-state index contributed by atoms with van der Waals surface area (Å²) in [6, 6.07) is 6.93. The second kappa shape index (κ2) is 6.22. The molecule has 0 atom stereocenters. The van der Waals surface area contributed by atoms with E-state index in [1.165, 1.54) is 11.3 Å². The Bertz CT molecular complexity index is 620. The van der Waals surface area contributed by atoms with Crippen molar-refractivity contribution in [1.29, 1.82) is 0 Å². The lowest BCUT2D eigenvalue weighted by Crippen LogP contribution is -2.14. The summed E-state index contributed by atoms with van der Waals surface area (Å²) in [5.74, 6) is 0.518. The van der Waals surface area contributed by atoms with Crippen molar-refractivity contribution < 1.29 is 9.53 Å². The predicted octanol–water partition coefficient (Wildman–Crippen LogP) is 3.49. The molecule has 6 heteroatoms. The lowest BCUT2D eigenvalue weighted by molar-refractivity contribution is 0.102. The fraction of sp³-hybridized carbons (Fsp3) is 0.400. The van der Waals surface area contributed by atoms with Gasteiger partial charge in [0.25, 0.3) is 5.91 Å². The van der Waals surface area contributed by atoms with Gasteiger partial charge < -0.3 is 4.74 Å². The number of carbonyl (C=O) groups excluding carboxylic acids is 1. The lowest BCUT2D eigenvalue weighted by Gasteiger charge is -2.17. The number of nitrogens with zero attached hydrogens (tertiary/aromatic N) is 2. The van der Waals surface area contributed by atoms with Crippen molar-refractivity contribution in [1.82, 2.24) is 10.2 Å². The summed E-state index contributed by atoms with van der Waals surface area (Å²) in [5.41, 5.74) is 0.531. The second-order valence-corrected chi connectivity index (χ2v) is 6.31. The van der Waals surface area contributed by atoms with Crippen LogP contribution in [0.3, 0.4) is 0 Å². The number of ether oxygens (including phenoxy) is 1. The number of nitrogens with one attached hydrogen (secondary N) is 1. The van der Waals surface area contributed by atoms with Gasteiger partial charge in [0, 0.05) is 11.0 Å². The molecule has 21 heavy (non-hydrogen) atoms. The number of methoxy groups -OCH3 is 1. The molecule has 0 fully saturated rings. The molecule has 0 saturated heterocycles. The zero-order valence-corrected chi connectivity index (χ0v) is 13.5. The molecule has 0 aliphatic carbocycles. The van der Waals surface area contributed by atoms with Crippen LogP contribution in [-0.2, 0) is 5.41 Å². The van der Waals surface area contributed by atoms with E-state index in [9.17, 15) is 4.79 Å². The highest BCUT2D eigenvalue weighted by atomic mass is 32.1. The van der Waals surface area contributed by atoms with E-state index in [-0.39, 0.29) is 11.3 Å². The average Bonchev–Trinajstić information content (AvgIpc) is 2.96. The van der Waals surface area contributed by atoms with Gasteiger partial charge in [-0.15, -0.1) is 10.2 Å². The summed E-state index contributed by atoms with van der Waals surface area (Å²) in [6.45, 7) is 6.34. The minimum atomic E-state index is -0.199. The predicted molar refractivity (Wildman–Crippen MR) is 84.2 cm³/mol. The minimum absolute atomic E-state index is 0.0270. The molecule has 5 nitrogen and oxygen atoms in total. The van der Waals surface area contributed by atoms with Crippen LogP contribution in [0.5, 0.6) is 5.75 Å². The molecule has 1 amide bonds. The highest BCUT2D eigenvalue weighted by Gasteiger charge is 2.23. The first-order chi connectivity index (χ1) is 9.96. The highest BCUT2D eigenvalue weighted by Crippen LogP contribution is 2.31. The Kier molecular flexibility index (Phi) is 4.57. The van der Waals surface area contributed by atoms with E-state index in [1.54, 1.807) is 31.4 Å². The Morgan fingerprint density at radius 2 is 1.95 bits per heavy atom. The molecule has 1 N–H and O–H groups in total. The van der Waals surface area contributed by atoms with Crippen LogP contribution in [0.25, 0.3) is 0 Å². The smallest absolute Gasteiger partial charge is 0.257 e. The van der Waals surface area contributed by atoms with E-state index < -0.39 is 0 Å². The van der Waals surface area contributed by atoms with Gasteiger partial charge in [-0.05, 0) is 30.7 Å². The Morgan fingerprint density at radius 1 is 1.29 bits per heavy atom. The monoisotopic (exact) mass is 305 g/mol. The Balaban J connectivity index is 2.09. The molecule has 0 aliphatic heterocycles. The maximum absolute atomic E-state index is 12.1. The zero-order valence-electron chi connectivity index (χ0n) is 12.6. The van der Waals surface area contributed by atoms with Crippen molar-refractivity contribution >= 4 is 22.4 Å². The van der Waals surface area contributed by atoms with Gasteiger partial charge in [0.15, 0.2) is 0 Å². The van der Waals surface area contributed by atoms with Crippen LogP contribution < -0.4 is 10.1 Å². The third kappa shape index (κ3) is 3.58. The largest absolute Gasteiger partial charge is 0.497 e. The van der Waals surface area contributed by atoms with E-state index in [2.05, 4.69) is 36.3 Å².